The van der Waals surface area contributed by atoms with Gasteiger partial charge in [0.05, 0.1) is 12.8 Å². The lowest BCUT2D eigenvalue weighted by molar-refractivity contribution is -0.153. The molecule has 0 aromatic heterocycles. The minimum atomic E-state index is -4.25. The van der Waals surface area contributed by atoms with Crippen LogP contribution in [0, 0.1) is 0 Å². The van der Waals surface area contributed by atoms with Crippen LogP contribution in [-0.4, -0.2) is 85.3 Å². The molecule has 0 aromatic carbocycles. The Morgan fingerprint density at radius 1 is 1.20 bits per heavy atom. The van der Waals surface area contributed by atoms with Gasteiger partial charge in [0, 0.05) is 43.8 Å². The molecular formula is C16H32F3N3O2S. The molecule has 0 saturated carbocycles. The van der Waals surface area contributed by atoms with Gasteiger partial charge in [-0.05, 0) is 34.1 Å². The number of hydrogen-bond donors (Lipinski definition) is 0. The van der Waals surface area contributed by atoms with Crippen LogP contribution in [0.5, 0.6) is 0 Å². The van der Waals surface area contributed by atoms with Crippen LogP contribution in [0.15, 0.2) is 0 Å². The predicted molar refractivity (Wildman–Crippen MR) is 94.0 cm³/mol. The first-order chi connectivity index (χ1) is 11.1. The number of nitrogens with zero attached hydrogens (tertiary/aromatic N) is 3. The van der Waals surface area contributed by atoms with E-state index in [2.05, 4.69) is 4.90 Å². The monoisotopic (exact) mass is 387 g/mol. The van der Waals surface area contributed by atoms with Crippen molar-refractivity contribution in [3.63, 3.8) is 0 Å². The Hall–Kier alpha value is -0.380. The van der Waals surface area contributed by atoms with Crippen molar-refractivity contribution in [2.24, 2.45) is 0 Å². The fourth-order valence-electron chi connectivity index (χ4n) is 3.41. The smallest absolute Gasteiger partial charge is 0.294 e. The summed E-state index contributed by atoms with van der Waals surface area (Å²) in [5.41, 5.74) is -0.624. The highest BCUT2D eigenvalue weighted by molar-refractivity contribution is 7.88. The van der Waals surface area contributed by atoms with Crippen molar-refractivity contribution < 1.29 is 21.6 Å². The Kier molecular flexibility index (Phi) is 7.34. The summed E-state index contributed by atoms with van der Waals surface area (Å²) in [7, 11) is -3.46. The van der Waals surface area contributed by atoms with Crippen LogP contribution < -0.4 is 0 Å². The molecule has 1 saturated heterocycles. The standard InChI is InChI=1S/C16H32F3N3O2S/c1-7-13(2)21-9-8-20(12-16(17,18)19)10-14(21)11-22(15(3,4)5)25(6,23)24/h13-14H,7-12H2,1-6H3. The second kappa shape index (κ2) is 8.10. The summed E-state index contributed by atoms with van der Waals surface area (Å²) in [6.07, 6.45) is -2.23. The molecule has 0 bridgehead atoms. The number of sulfonamides is 1. The average molecular weight is 388 g/mol. The molecule has 1 fully saturated rings. The zero-order chi connectivity index (χ0) is 19.6. The van der Waals surface area contributed by atoms with Crippen molar-refractivity contribution in [1.29, 1.82) is 0 Å². The quantitative estimate of drug-likeness (QED) is 0.702. The van der Waals surface area contributed by atoms with Crippen molar-refractivity contribution in [3.05, 3.63) is 0 Å². The highest BCUT2D eigenvalue weighted by Gasteiger charge is 2.39. The van der Waals surface area contributed by atoms with Crippen LogP contribution in [0.1, 0.15) is 41.0 Å². The van der Waals surface area contributed by atoms with Crippen LogP contribution in [-0.2, 0) is 10.0 Å². The fourth-order valence-corrected chi connectivity index (χ4v) is 4.84. The molecule has 0 N–H and O–H groups in total. The molecule has 1 aliphatic rings. The Morgan fingerprint density at radius 3 is 2.16 bits per heavy atom. The first-order valence-corrected chi connectivity index (χ1v) is 10.5. The molecule has 0 amide bonds. The average Bonchev–Trinajstić information content (AvgIpc) is 2.40. The van der Waals surface area contributed by atoms with Gasteiger partial charge in [0.25, 0.3) is 0 Å². The molecule has 0 spiro atoms. The molecule has 2 atom stereocenters. The van der Waals surface area contributed by atoms with Gasteiger partial charge in [-0.25, -0.2) is 8.42 Å². The highest BCUT2D eigenvalue weighted by atomic mass is 32.2. The molecule has 2 unspecified atom stereocenters. The van der Waals surface area contributed by atoms with E-state index in [0.717, 1.165) is 12.7 Å². The van der Waals surface area contributed by atoms with Gasteiger partial charge in [-0.15, -0.1) is 0 Å². The normalized spacial score (nSPS) is 23.2. The molecule has 0 aliphatic carbocycles. The van der Waals surface area contributed by atoms with E-state index < -0.39 is 28.3 Å². The fraction of sp³-hybridized carbons (Fsp3) is 1.00. The third-order valence-electron chi connectivity index (χ3n) is 4.70. The Labute approximate surface area is 150 Å². The first kappa shape index (κ1) is 22.7. The number of rotatable bonds is 6. The maximum absolute atomic E-state index is 12.8. The zero-order valence-corrected chi connectivity index (χ0v) is 16.9. The maximum atomic E-state index is 12.8. The summed E-state index contributed by atoms with van der Waals surface area (Å²) < 4.78 is 64.1. The van der Waals surface area contributed by atoms with Crippen molar-refractivity contribution in [2.75, 3.05) is 39.0 Å². The van der Waals surface area contributed by atoms with Crippen molar-refractivity contribution >= 4 is 10.0 Å². The highest BCUT2D eigenvalue weighted by Crippen LogP contribution is 2.25. The molecule has 1 rings (SSSR count). The molecule has 5 nitrogen and oxygen atoms in total. The molecule has 9 heteroatoms. The minimum absolute atomic E-state index is 0.194. The van der Waals surface area contributed by atoms with E-state index in [0.29, 0.717) is 13.1 Å². The first-order valence-electron chi connectivity index (χ1n) is 8.68. The van der Waals surface area contributed by atoms with Crippen molar-refractivity contribution in [1.82, 2.24) is 14.1 Å². The molecule has 25 heavy (non-hydrogen) atoms. The summed E-state index contributed by atoms with van der Waals surface area (Å²) >= 11 is 0. The van der Waals surface area contributed by atoms with E-state index in [-0.39, 0.29) is 25.2 Å². The number of alkyl halides is 3. The van der Waals surface area contributed by atoms with Gasteiger partial charge in [0.15, 0.2) is 0 Å². The summed E-state index contributed by atoms with van der Waals surface area (Å²) in [5, 5.41) is 0. The molecule has 1 aliphatic heterocycles. The van der Waals surface area contributed by atoms with Crippen LogP contribution >= 0.6 is 0 Å². The number of hydrogen-bond acceptors (Lipinski definition) is 4. The molecule has 1 heterocycles. The summed E-state index contributed by atoms with van der Waals surface area (Å²) in [6, 6.07) is -0.0700. The van der Waals surface area contributed by atoms with Crippen LogP contribution in [0.2, 0.25) is 0 Å². The zero-order valence-electron chi connectivity index (χ0n) is 16.1. The maximum Gasteiger partial charge on any atom is 0.401 e. The lowest BCUT2D eigenvalue weighted by Crippen LogP contribution is -2.62. The molecule has 150 valence electrons. The second-order valence-electron chi connectivity index (χ2n) is 7.96. The lowest BCUT2D eigenvalue weighted by atomic mass is 10.0. The van der Waals surface area contributed by atoms with Crippen molar-refractivity contribution in [3.8, 4) is 0 Å². The topological polar surface area (TPSA) is 43.9 Å². The third-order valence-corrected chi connectivity index (χ3v) is 6.19. The summed E-state index contributed by atoms with van der Waals surface area (Å²) in [6.45, 7) is 9.79. The van der Waals surface area contributed by atoms with Crippen molar-refractivity contribution in [2.45, 2.75) is 64.8 Å². The van der Waals surface area contributed by atoms with E-state index in [1.165, 1.54) is 9.21 Å². The van der Waals surface area contributed by atoms with E-state index in [4.69, 9.17) is 0 Å². The third kappa shape index (κ3) is 7.03. The largest absolute Gasteiger partial charge is 0.401 e. The van der Waals surface area contributed by atoms with Gasteiger partial charge in [-0.1, -0.05) is 6.92 Å². The Morgan fingerprint density at radius 2 is 1.76 bits per heavy atom. The Balaban J connectivity index is 3.04. The van der Waals surface area contributed by atoms with E-state index in [1.807, 2.05) is 13.8 Å². The van der Waals surface area contributed by atoms with Gasteiger partial charge in [-0.3, -0.25) is 9.80 Å². The van der Waals surface area contributed by atoms with Gasteiger partial charge < -0.3 is 0 Å². The second-order valence-corrected chi connectivity index (χ2v) is 9.87. The molecule has 0 radical (unpaired) electrons. The molecular weight excluding hydrogens is 355 g/mol. The van der Waals surface area contributed by atoms with Crippen LogP contribution in [0.3, 0.4) is 0 Å². The Bertz CT molecular complexity index is 532. The van der Waals surface area contributed by atoms with Crippen LogP contribution in [0.25, 0.3) is 0 Å². The van der Waals surface area contributed by atoms with Gasteiger partial charge >= 0.3 is 6.18 Å². The van der Waals surface area contributed by atoms with Gasteiger partial charge in [0.1, 0.15) is 0 Å². The number of piperazine rings is 1. The summed E-state index contributed by atoms with van der Waals surface area (Å²) in [4.78, 5) is 3.53. The minimum Gasteiger partial charge on any atom is -0.294 e. The lowest BCUT2D eigenvalue weighted by Gasteiger charge is -2.47. The van der Waals surface area contributed by atoms with E-state index in [9.17, 15) is 21.6 Å². The summed E-state index contributed by atoms with van der Waals surface area (Å²) in [5.74, 6) is 0. The van der Waals surface area contributed by atoms with Gasteiger partial charge in [-0.2, -0.15) is 17.5 Å². The SMILES string of the molecule is CCC(C)N1CCN(CC(F)(F)F)CC1CN(C(C)(C)C)S(C)(=O)=O. The predicted octanol–water partition coefficient (Wildman–Crippen LogP) is 2.39. The molecule has 0 aromatic rings. The van der Waals surface area contributed by atoms with E-state index in [1.54, 1.807) is 20.8 Å². The van der Waals surface area contributed by atoms with E-state index >= 15 is 0 Å². The van der Waals surface area contributed by atoms with Crippen LogP contribution in [0.4, 0.5) is 13.2 Å². The number of halogens is 3. The van der Waals surface area contributed by atoms with Gasteiger partial charge in [0.2, 0.25) is 10.0 Å².